The van der Waals surface area contributed by atoms with Crippen LogP contribution in [0.3, 0.4) is 0 Å². The van der Waals surface area contributed by atoms with E-state index in [1.807, 2.05) is 13.2 Å². The molecule has 2 atom stereocenters. The molecule has 1 aromatic rings. The number of likely N-dealkylation sites (N-methyl/N-ethyl adjacent to an activating group) is 1. The van der Waals surface area contributed by atoms with Crippen molar-refractivity contribution in [3.8, 4) is 0 Å². The number of anilines is 1. The number of nitrogens with zero attached hydrogens (tertiary/aromatic N) is 3. The van der Waals surface area contributed by atoms with Crippen LogP contribution in [0.1, 0.15) is 24.8 Å². The van der Waals surface area contributed by atoms with E-state index in [-0.39, 0.29) is 0 Å². The third kappa shape index (κ3) is 2.74. The Labute approximate surface area is 115 Å². The number of rotatable bonds is 3. The average molecular weight is 260 g/mol. The number of pyridine rings is 1. The molecule has 4 heteroatoms. The molecule has 3 rings (SSSR count). The molecule has 2 unspecified atom stereocenters. The van der Waals surface area contributed by atoms with Gasteiger partial charge in [-0.15, -0.1) is 0 Å². The summed E-state index contributed by atoms with van der Waals surface area (Å²) >= 11 is 0. The quantitative estimate of drug-likeness (QED) is 0.898. The molecule has 0 aromatic carbocycles. The summed E-state index contributed by atoms with van der Waals surface area (Å²) in [6.07, 6.45) is 6.08. The number of nitrogens with one attached hydrogen (secondary N) is 1. The lowest BCUT2D eigenvalue weighted by Crippen LogP contribution is -2.36. The molecule has 0 saturated carbocycles. The minimum absolute atomic E-state index is 0.761. The van der Waals surface area contributed by atoms with Crippen LogP contribution in [-0.2, 0) is 6.54 Å². The van der Waals surface area contributed by atoms with E-state index in [2.05, 4.69) is 39.3 Å². The van der Waals surface area contributed by atoms with Crippen molar-refractivity contribution in [2.45, 2.75) is 37.9 Å². The van der Waals surface area contributed by atoms with E-state index in [1.165, 1.54) is 37.9 Å². The molecule has 104 valence electrons. The Bertz CT molecular complexity index is 417. The lowest BCUT2D eigenvalue weighted by molar-refractivity contribution is 0.214. The highest BCUT2D eigenvalue weighted by molar-refractivity contribution is 5.34. The SMILES string of the molecule is CNc1ccc(CN2CCC3CCC(C2)N3C)cn1. The van der Waals surface area contributed by atoms with Crippen molar-refractivity contribution in [2.75, 3.05) is 32.5 Å². The summed E-state index contributed by atoms with van der Waals surface area (Å²) in [5.74, 6) is 0.943. The topological polar surface area (TPSA) is 31.4 Å². The van der Waals surface area contributed by atoms with Gasteiger partial charge in [0.2, 0.25) is 0 Å². The smallest absolute Gasteiger partial charge is 0.125 e. The Morgan fingerprint density at radius 3 is 2.84 bits per heavy atom. The zero-order valence-corrected chi connectivity index (χ0v) is 12.0. The zero-order chi connectivity index (χ0) is 13.2. The lowest BCUT2D eigenvalue weighted by Gasteiger charge is -2.25. The molecule has 4 nitrogen and oxygen atoms in total. The highest BCUT2D eigenvalue weighted by Gasteiger charge is 2.34. The third-order valence-corrected chi connectivity index (χ3v) is 4.72. The maximum absolute atomic E-state index is 4.40. The van der Waals surface area contributed by atoms with Crippen molar-refractivity contribution >= 4 is 5.82 Å². The second-order valence-corrected chi connectivity index (χ2v) is 5.88. The third-order valence-electron chi connectivity index (χ3n) is 4.72. The fourth-order valence-corrected chi connectivity index (χ4v) is 3.45. The van der Waals surface area contributed by atoms with Crippen molar-refractivity contribution in [1.82, 2.24) is 14.8 Å². The van der Waals surface area contributed by atoms with Crippen LogP contribution in [0.15, 0.2) is 18.3 Å². The van der Waals surface area contributed by atoms with E-state index in [0.29, 0.717) is 0 Å². The van der Waals surface area contributed by atoms with Crippen LogP contribution in [0.25, 0.3) is 0 Å². The summed E-state index contributed by atoms with van der Waals surface area (Å²) in [6, 6.07) is 5.83. The average Bonchev–Trinajstić information content (AvgIpc) is 2.68. The summed E-state index contributed by atoms with van der Waals surface area (Å²) in [6.45, 7) is 3.47. The molecule has 0 amide bonds. The fraction of sp³-hybridized carbons (Fsp3) is 0.667. The Kier molecular flexibility index (Phi) is 3.71. The number of fused-ring (bicyclic) bond motifs is 2. The molecule has 0 radical (unpaired) electrons. The normalized spacial score (nSPS) is 28.3. The van der Waals surface area contributed by atoms with Crippen molar-refractivity contribution < 1.29 is 0 Å². The molecule has 19 heavy (non-hydrogen) atoms. The van der Waals surface area contributed by atoms with E-state index in [9.17, 15) is 0 Å². The fourth-order valence-electron chi connectivity index (χ4n) is 3.45. The van der Waals surface area contributed by atoms with E-state index in [4.69, 9.17) is 0 Å². The van der Waals surface area contributed by atoms with E-state index in [0.717, 1.165) is 24.4 Å². The van der Waals surface area contributed by atoms with E-state index >= 15 is 0 Å². The molecule has 2 aliphatic rings. The van der Waals surface area contributed by atoms with Gasteiger partial charge >= 0.3 is 0 Å². The van der Waals surface area contributed by atoms with Crippen molar-refractivity contribution in [1.29, 1.82) is 0 Å². The molecule has 0 aliphatic carbocycles. The van der Waals surface area contributed by atoms with Gasteiger partial charge in [0, 0.05) is 45.0 Å². The molecular weight excluding hydrogens is 236 g/mol. The molecule has 2 fully saturated rings. The standard InChI is InChI=1S/C15H24N4/c1-16-15-6-3-12(9-17-15)10-19-8-7-13-4-5-14(11-19)18(13)2/h3,6,9,13-14H,4-5,7-8,10-11H2,1-2H3,(H,16,17). The summed E-state index contributed by atoms with van der Waals surface area (Å²) < 4.78 is 0. The van der Waals surface area contributed by atoms with Gasteiger partial charge < -0.3 is 5.32 Å². The van der Waals surface area contributed by atoms with Gasteiger partial charge in [-0.05, 0) is 37.9 Å². The van der Waals surface area contributed by atoms with Crippen LogP contribution in [0.4, 0.5) is 5.82 Å². The zero-order valence-electron chi connectivity index (χ0n) is 12.0. The minimum Gasteiger partial charge on any atom is -0.373 e. The maximum atomic E-state index is 4.40. The van der Waals surface area contributed by atoms with Crippen LogP contribution in [-0.4, -0.2) is 54.1 Å². The monoisotopic (exact) mass is 260 g/mol. The van der Waals surface area contributed by atoms with Crippen molar-refractivity contribution in [3.63, 3.8) is 0 Å². The lowest BCUT2D eigenvalue weighted by atomic mass is 10.1. The summed E-state index contributed by atoms with van der Waals surface area (Å²) in [5.41, 5.74) is 1.32. The number of aromatic nitrogens is 1. The number of likely N-dealkylation sites (tertiary alicyclic amines) is 1. The van der Waals surface area contributed by atoms with Gasteiger partial charge in [-0.25, -0.2) is 4.98 Å². The first-order valence-corrected chi connectivity index (χ1v) is 7.33. The molecule has 0 spiro atoms. The van der Waals surface area contributed by atoms with Crippen LogP contribution >= 0.6 is 0 Å². The van der Waals surface area contributed by atoms with Crippen LogP contribution < -0.4 is 5.32 Å². The van der Waals surface area contributed by atoms with Crippen LogP contribution in [0.2, 0.25) is 0 Å². The Hall–Kier alpha value is -1.13. The van der Waals surface area contributed by atoms with E-state index < -0.39 is 0 Å². The summed E-state index contributed by atoms with van der Waals surface area (Å²) in [4.78, 5) is 9.59. The number of hydrogen-bond acceptors (Lipinski definition) is 4. The highest BCUT2D eigenvalue weighted by Crippen LogP contribution is 2.28. The van der Waals surface area contributed by atoms with Gasteiger partial charge in [0.05, 0.1) is 0 Å². The summed E-state index contributed by atoms with van der Waals surface area (Å²) in [7, 11) is 4.21. The van der Waals surface area contributed by atoms with Gasteiger partial charge in [-0.3, -0.25) is 9.80 Å². The first kappa shape index (κ1) is 12.9. The second kappa shape index (κ2) is 5.47. The molecule has 1 N–H and O–H groups in total. The Balaban J connectivity index is 1.63. The molecular formula is C15H24N4. The van der Waals surface area contributed by atoms with Crippen molar-refractivity contribution in [3.05, 3.63) is 23.9 Å². The molecule has 2 aliphatic heterocycles. The predicted octanol–water partition coefficient (Wildman–Crippen LogP) is 1.79. The first-order chi connectivity index (χ1) is 9.26. The van der Waals surface area contributed by atoms with Crippen LogP contribution in [0, 0.1) is 0 Å². The van der Waals surface area contributed by atoms with Gasteiger partial charge in [0.15, 0.2) is 0 Å². The summed E-state index contributed by atoms with van der Waals surface area (Å²) in [5, 5.41) is 3.06. The first-order valence-electron chi connectivity index (χ1n) is 7.33. The highest BCUT2D eigenvalue weighted by atomic mass is 15.3. The predicted molar refractivity (Wildman–Crippen MR) is 78.3 cm³/mol. The van der Waals surface area contributed by atoms with Gasteiger partial charge in [-0.2, -0.15) is 0 Å². The molecule has 2 saturated heterocycles. The van der Waals surface area contributed by atoms with Gasteiger partial charge in [0.25, 0.3) is 0 Å². The second-order valence-electron chi connectivity index (χ2n) is 5.88. The Morgan fingerprint density at radius 2 is 2.11 bits per heavy atom. The molecule has 1 aromatic heterocycles. The van der Waals surface area contributed by atoms with Crippen LogP contribution in [0.5, 0.6) is 0 Å². The minimum atomic E-state index is 0.761. The van der Waals surface area contributed by atoms with E-state index in [1.54, 1.807) is 0 Å². The maximum Gasteiger partial charge on any atom is 0.125 e. The largest absolute Gasteiger partial charge is 0.373 e. The Morgan fingerprint density at radius 1 is 1.26 bits per heavy atom. The molecule has 2 bridgehead atoms. The van der Waals surface area contributed by atoms with Gasteiger partial charge in [-0.1, -0.05) is 6.07 Å². The van der Waals surface area contributed by atoms with Gasteiger partial charge in [0.1, 0.15) is 5.82 Å². The number of hydrogen-bond donors (Lipinski definition) is 1. The van der Waals surface area contributed by atoms with Crippen molar-refractivity contribution in [2.24, 2.45) is 0 Å². The molecule has 3 heterocycles.